The highest BCUT2D eigenvalue weighted by atomic mass is 79.9. The van der Waals surface area contributed by atoms with Crippen LogP contribution in [0, 0.1) is 18.3 Å². The molecular formula is C18H29BrO. The number of aryl methyl sites for hydroxylation is 1. The highest BCUT2D eigenvalue weighted by molar-refractivity contribution is 9.09. The average molecular weight is 341 g/mol. The van der Waals surface area contributed by atoms with Crippen LogP contribution < -0.4 is 4.74 Å². The Labute approximate surface area is 133 Å². The van der Waals surface area contributed by atoms with Crippen LogP contribution in [0.3, 0.4) is 0 Å². The van der Waals surface area contributed by atoms with Crippen molar-refractivity contribution in [2.24, 2.45) is 11.3 Å². The summed E-state index contributed by atoms with van der Waals surface area (Å²) in [6, 6.07) is 6.54. The molecule has 0 aliphatic heterocycles. The van der Waals surface area contributed by atoms with Gasteiger partial charge in [0.25, 0.3) is 0 Å². The second kappa shape index (κ2) is 6.51. The van der Waals surface area contributed by atoms with Crippen molar-refractivity contribution in [2.45, 2.75) is 53.9 Å². The van der Waals surface area contributed by atoms with Crippen LogP contribution in [0.2, 0.25) is 0 Å². The topological polar surface area (TPSA) is 9.23 Å². The zero-order valence-electron chi connectivity index (χ0n) is 14.0. The maximum absolute atomic E-state index is 6.05. The smallest absolute Gasteiger partial charge is 0.122 e. The Balaban J connectivity index is 2.80. The first-order valence-electron chi connectivity index (χ1n) is 7.35. The minimum absolute atomic E-state index is 0.188. The highest BCUT2D eigenvalue weighted by Gasteiger charge is 2.24. The molecule has 0 radical (unpaired) electrons. The molecule has 1 aromatic rings. The average Bonchev–Trinajstić information content (AvgIpc) is 2.28. The van der Waals surface area contributed by atoms with Gasteiger partial charge in [-0.2, -0.15) is 0 Å². The van der Waals surface area contributed by atoms with Gasteiger partial charge in [-0.15, -0.1) is 0 Å². The van der Waals surface area contributed by atoms with Gasteiger partial charge in [-0.25, -0.2) is 0 Å². The minimum atomic E-state index is 0.188. The van der Waals surface area contributed by atoms with E-state index in [2.05, 4.69) is 82.6 Å². The summed E-state index contributed by atoms with van der Waals surface area (Å²) in [5.74, 6) is 1.51. The number of alkyl halides is 1. The van der Waals surface area contributed by atoms with Crippen LogP contribution in [-0.4, -0.2) is 11.9 Å². The van der Waals surface area contributed by atoms with Crippen molar-refractivity contribution < 1.29 is 4.74 Å². The number of ether oxygens (including phenoxy) is 1. The number of halogens is 1. The van der Waals surface area contributed by atoms with E-state index < -0.39 is 0 Å². The second-order valence-electron chi connectivity index (χ2n) is 7.76. The van der Waals surface area contributed by atoms with Crippen molar-refractivity contribution in [1.82, 2.24) is 0 Å². The van der Waals surface area contributed by atoms with Crippen molar-refractivity contribution in [3.8, 4) is 5.75 Å². The maximum Gasteiger partial charge on any atom is 0.122 e. The maximum atomic E-state index is 6.05. The predicted molar refractivity (Wildman–Crippen MR) is 92.1 cm³/mol. The number of rotatable bonds is 4. The molecule has 0 bridgehead atoms. The molecule has 0 aliphatic rings. The fourth-order valence-electron chi connectivity index (χ4n) is 1.99. The van der Waals surface area contributed by atoms with E-state index in [0.29, 0.717) is 5.92 Å². The molecular weight excluding hydrogens is 312 g/mol. The molecule has 1 nitrogen and oxygen atoms in total. The van der Waals surface area contributed by atoms with Gasteiger partial charge in [0, 0.05) is 11.2 Å². The van der Waals surface area contributed by atoms with Gasteiger partial charge in [-0.3, -0.25) is 0 Å². The molecule has 20 heavy (non-hydrogen) atoms. The molecule has 1 unspecified atom stereocenters. The Morgan fingerprint density at radius 2 is 1.70 bits per heavy atom. The molecule has 0 amide bonds. The van der Waals surface area contributed by atoms with Crippen LogP contribution >= 0.6 is 15.9 Å². The van der Waals surface area contributed by atoms with E-state index in [4.69, 9.17) is 4.74 Å². The van der Waals surface area contributed by atoms with Crippen LogP contribution in [0.5, 0.6) is 5.75 Å². The van der Waals surface area contributed by atoms with Gasteiger partial charge < -0.3 is 4.74 Å². The predicted octanol–water partition coefficient (Wildman–Crippen LogP) is 5.73. The summed E-state index contributed by atoms with van der Waals surface area (Å²) < 4.78 is 6.05. The Morgan fingerprint density at radius 3 is 2.10 bits per heavy atom. The number of hydrogen-bond donors (Lipinski definition) is 0. The van der Waals surface area contributed by atoms with E-state index in [1.54, 1.807) is 0 Å². The van der Waals surface area contributed by atoms with E-state index in [1.165, 1.54) is 11.1 Å². The standard InChI is InChI=1S/C18H29BrO/c1-13-10-14(17(2,3)4)8-9-16(13)20-12-15(11-19)18(5,6)7/h8-10,15H,11-12H2,1-7H3. The molecule has 0 saturated heterocycles. The zero-order valence-corrected chi connectivity index (χ0v) is 15.6. The van der Waals surface area contributed by atoms with Crippen molar-refractivity contribution in [3.05, 3.63) is 29.3 Å². The second-order valence-corrected chi connectivity index (χ2v) is 8.41. The Bertz CT molecular complexity index is 438. The quantitative estimate of drug-likeness (QED) is 0.636. The first kappa shape index (κ1) is 17.6. The van der Waals surface area contributed by atoms with Crippen LogP contribution in [0.25, 0.3) is 0 Å². The van der Waals surface area contributed by atoms with Gasteiger partial charge in [0.15, 0.2) is 0 Å². The van der Waals surface area contributed by atoms with Crippen LogP contribution in [0.15, 0.2) is 18.2 Å². The largest absolute Gasteiger partial charge is 0.493 e. The normalized spacial score (nSPS) is 14.2. The first-order chi connectivity index (χ1) is 9.05. The summed E-state index contributed by atoms with van der Waals surface area (Å²) in [6.45, 7) is 16.4. The van der Waals surface area contributed by atoms with Crippen LogP contribution in [-0.2, 0) is 5.41 Å². The summed E-state index contributed by atoms with van der Waals surface area (Å²) in [4.78, 5) is 0. The lowest BCUT2D eigenvalue weighted by atomic mass is 9.82. The first-order valence-corrected chi connectivity index (χ1v) is 8.47. The lowest BCUT2D eigenvalue weighted by Gasteiger charge is -2.29. The fraction of sp³-hybridized carbons (Fsp3) is 0.667. The number of hydrogen-bond acceptors (Lipinski definition) is 1. The molecule has 0 saturated carbocycles. The van der Waals surface area contributed by atoms with Crippen LogP contribution in [0.1, 0.15) is 52.7 Å². The van der Waals surface area contributed by atoms with E-state index in [1.807, 2.05) is 0 Å². The molecule has 0 heterocycles. The molecule has 0 aliphatic carbocycles. The van der Waals surface area contributed by atoms with Gasteiger partial charge in [0.05, 0.1) is 6.61 Å². The third-order valence-corrected chi connectivity index (χ3v) is 4.67. The molecule has 1 aromatic carbocycles. The van der Waals surface area contributed by atoms with Gasteiger partial charge in [0.1, 0.15) is 5.75 Å². The Hall–Kier alpha value is -0.500. The van der Waals surface area contributed by atoms with Crippen molar-refractivity contribution in [2.75, 3.05) is 11.9 Å². The molecule has 1 rings (SSSR count). The fourth-order valence-corrected chi connectivity index (χ4v) is 3.15. The van der Waals surface area contributed by atoms with Gasteiger partial charge in [0.2, 0.25) is 0 Å². The van der Waals surface area contributed by atoms with Crippen molar-refractivity contribution in [1.29, 1.82) is 0 Å². The molecule has 114 valence electrons. The minimum Gasteiger partial charge on any atom is -0.493 e. The van der Waals surface area contributed by atoms with E-state index >= 15 is 0 Å². The van der Waals surface area contributed by atoms with Gasteiger partial charge in [-0.1, -0.05) is 69.6 Å². The molecule has 1 atom stereocenters. The Kier molecular flexibility index (Phi) is 5.71. The molecule has 0 N–H and O–H groups in total. The zero-order chi connectivity index (χ0) is 15.6. The summed E-state index contributed by atoms with van der Waals surface area (Å²) in [6.07, 6.45) is 0. The van der Waals surface area contributed by atoms with Crippen LogP contribution in [0.4, 0.5) is 0 Å². The summed E-state index contributed by atoms with van der Waals surface area (Å²) in [7, 11) is 0. The monoisotopic (exact) mass is 340 g/mol. The summed E-state index contributed by atoms with van der Waals surface area (Å²) in [5, 5.41) is 0.968. The molecule has 2 heteroatoms. The Morgan fingerprint density at radius 1 is 1.10 bits per heavy atom. The SMILES string of the molecule is Cc1cc(C(C)(C)C)ccc1OCC(CBr)C(C)(C)C. The van der Waals surface area contributed by atoms with Crippen molar-refractivity contribution >= 4 is 15.9 Å². The highest BCUT2D eigenvalue weighted by Crippen LogP contribution is 2.31. The third-order valence-electron chi connectivity index (χ3n) is 3.89. The van der Waals surface area contributed by atoms with E-state index in [9.17, 15) is 0 Å². The van der Waals surface area contributed by atoms with Crippen molar-refractivity contribution in [3.63, 3.8) is 0 Å². The lowest BCUT2D eigenvalue weighted by Crippen LogP contribution is -2.28. The van der Waals surface area contributed by atoms with Gasteiger partial charge >= 0.3 is 0 Å². The molecule has 0 fully saturated rings. The summed E-state index contributed by atoms with van der Waals surface area (Å²) in [5.41, 5.74) is 3.02. The van der Waals surface area contributed by atoms with E-state index in [0.717, 1.165) is 17.7 Å². The lowest BCUT2D eigenvalue weighted by molar-refractivity contribution is 0.165. The molecule has 0 aromatic heterocycles. The number of benzene rings is 1. The molecule has 0 spiro atoms. The van der Waals surface area contributed by atoms with E-state index in [-0.39, 0.29) is 10.8 Å². The third kappa shape index (κ3) is 4.80. The summed E-state index contributed by atoms with van der Waals surface area (Å²) >= 11 is 3.60. The van der Waals surface area contributed by atoms with Gasteiger partial charge in [-0.05, 0) is 34.9 Å².